The molecule has 0 saturated heterocycles. The molecule has 0 aromatic carbocycles. The molecule has 1 aromatic rings. The summed E-state index contributed by atoms with van der Waals surface area (Å²) in [6.45, 7) is 0.656. The summed E-state index contributed by atoms with van der Waals surface area (Å²) in [5.41, 5.74) is 7.78. The predicted molar refractivity (Wildman–Crippen MR) is 66.5 cm³/mol. The Bertz CT molecular complexity index is 422. The van der Waals surface area contributed by atoms with E-state index in [9.17, 15) is 4.79 Å². The number of anilines is 1. The van der Waals surface area contributed by atoms with Gasteiger partial charge in [-0.05, 0) is 32.1 Å². The van der Waals surface area contributed by atoms with Crippen LogP contribution < -0.4 is 11.1 Å². The molecule has 0 spiro atoms. The van der Waals surface area contributed by atoms with Crippen LogP contribution in [-0.4, -0.2) is 22.6 Å². The molecule has 0 saturated carbocycles. The molecule has 1 aliphatic carbocycles. The number of rotatable bonds is 4. The van der Waals surface area contributed by atoms with E-state index in [1.54, 1.807) is 0 Å². The summed E-state index contributed by atoms with van der Waals surface area (Å²) in [7, 11) is 0. The number of aromatic amines is 1. The molecule has 0 unspecified atom stereocenters. The minimum Gasteiger partial charge on any atom is -0.396 e. The quantitative estimate of drug-likeness (QED) is 0.692. The van der Waals surface area contributed by atoms with Gasteiger partial charge >= 0.3 is 0 Å². The van der Waals surface area contributed by atoms with E-state index in [-0.39, 0.29) is 5.91 Å². The summed E-state index contributed by atoms with van der Waals surface area (Å²) in [6.07, 6.45) is 9.57. The van der Waals surface area contributed by atoms with Crippen LogP contribution in [0.5, 0.6) is 0 Å². The second kappa shape index (κ2) is 5.52. The van der Waals surface area contributed by atoms with Gasteiger partial charge in [-0.1, -0.05) is 11.6 Å². The molecule has 92 valence electrons. The third-order valence-corrected chi connectivity index (χ3v) is 3.01. The number of nitrogens with one attached hydrogen (secondary N) is 2. The number of aromatic nitrogens is 2. The van der Waals surface area contributed by atoms with E-state index < -0.39 is 0 Å². The second-order valence-corrected chi connectivity index (χ2v) is 4.31. The summed E-state index contributed by atoms with van der Waals surface area (Å²) in [5, 5.41) is 9.15. The Morgan fingerprint density at radius 1 is 1.53 bits per heavy atom. The zero-order valence-electron chi connectivity index (χ0n) is 9.83. The first-order valence-corrected chi connectivity index (χ1v) is 6.02. The first-order valence-electron chi connectivity index (χ1n) is 6.02. The molecule has 1 heterocycles. The van der Waals surface area contributed by atoms with Gasteiger partial charge in [0.1, 0.15) is 5.69 Å². The van der Waals surface area contributed by atoms with Crippen molar-refractivity contribution in [1.82, 2.24) is 15.5 Å². The van der Waals surface area contributed by atoms with Crippen molar-refractivity contribution in [3.63, 3.8) is 0 Å². The van der Waals surface area contributed by atoms with Crippen molar-refractivity contribution in [3.05, 3.63) is 23.5 Å². The first kappa shape index (κ1) is 11.7. The summed E-state index contributed by atoms with van der Waals surface area (Å²) < 4.78 is 0. The molecule has 4 N–H and O–H groups in total. The average molecular weight is 234 g/mol. The molecular formula is C12H18N4O. The van der Waals surface area contributed by atoms with Crippen molar-refractivity contribution in [1.29, 1.82) is 0 Å². The van der Waals surface area contributed by atoms with Gasteiger partial charge in [0.2, 0.25) is 0 Å². The Balaban J connectivity index is 1.77. The highest BCUT2D eigenvalue weighted by Gasteiger charge is 2.11. The predicted octanol–water partition coefficient (Wildman–Crippen LogP) is 1.61. The zero-order chi connectivity index (χ0) is 12.1. The molecular weight excluding hydrogens is 216 g/mol. The highest BCUT2D eigenvalue weighted by molar-refractivity contribution is 5.96. The molecule has 17 heavy (non-hydrogen) atoms. The largest absolute Gasteiger partial charge is 0.396 e. The lowest BCUT2D eigenvalue weighted by Gasteiger charge is -2.12. The van der Waals surface area contributed by atoms with Gasteiger partial charge in [0.25, 0.3) is 5.91 Å². The summed E-state index contributed by atoms with van der Waals surface area (Å²) >= 11 is 0. The molecule has 0 atom stereocenters. The van der Waals surface area contributed by atoms with Crippen molar-refractivity contribution in [2.75, 3.05) is 12.3 Å². The van der Waals surface area contributed by atoms with Gasteiger partial charge in [0, 0.05) is 6.54 Å². The summed E-state index contributed by atoms with van der Waals surface area (Å²) in [6, 6.07) is 0. The van der Waals surface area contributed by atoms with Crippen molar-refractivity contribution < 1.29 is 4.79 Å². The Labute approximate surface area is 100 Å². The van der Waals surface area contributed by atoms with Crippen LogP contribution >= 0.6 is 0 Å². The van der Waals surface area contributed by atoms with Crippen LogP contribution in [0.25, 0.3) is 0 Å². The van der Waals surface area contributed by atoms with E-state index in [1.165, 1.54) is 37.5 Å². The van der Waals surface area contributed by atoms with Crippen LogP contribution in [0.1, 0.15) is 42.6 Å². The molecule has 0 bridgehead atoms. The first-order chi connectivity index (χ1) is 8.27. The maximum Gasteiger partial charge on any atom is 0.271 e. The molecule has 2 rings (SSSR count). The van der Waals surface area contributed by atoms with Gasteiger partial charge in [-0.3, -0.25) is 9.89 Å². The van der Waals surface area contributed by atoms with E-state index in [0.29, 0.717) is 17.9 Å². The van der Waals surface area contributed by atoms with E-state index in [0.717, 1.165) is 6.42 Å². The third kappa shape index (κ3) is 3.09. The Hall–Kier alpha value is -1.78. The number of hydrogen-bond donors (Lipinski definition) is 3. The average Bonchev–Trinajstić information content (AvgIpc) is 2.77. The number of carbonyl (C=O) groups excluding carboxylic acids is 1. The van der Waals surface area contributed by atoms with Gasteiger partial charge < -0.3 is 11.1 Å². The van der Waals surface area contributed by atoms with Crippen molar-refractivity contribution in [2.45, 2.75) is 32.1 Å². The molecule has 0 fully saturated rings. The number of allylic oxidation sites excluding steroid dienone is 1. The Morgan fingerprint density at radius 2 is 2.41 bits per heavy atom. The van der Waals surface area contributed by atoms with Crippen LogP contribution in [-0.2, 0) is 0 Å². The number of amides is 1. The van der Waals surface area contributed by atoms with Crippen LogP contribution in [0, 0.1) is 0 Å². The molecule has 0 radical (unpaired) electrons. The fourth-order valence-corrected chi connectivity index (χ4v) is 2.03. The number of nitrogens with zero attached hydrogens (tertiary/aromatic N) is 1. The minimum atomic E-state index is -0.184. The SMILES string of the molecule is Nc1cn[nH]c1C(=O)NCCC1=CCCCC1. The molecule has 5 heteroatoms. The van der Waals surface area contributed by atoms with E-state index in [1.807, 2.05) is 0 Å². The maximum atomic E-state index is 11.7. The Morgan fingerprint density at radius 3 is 3.06 bits per heavy atom. The second-order valence-electron chi connectivity index (χ2n) is 4.31. The number of nitrogen functional groups attached to an aromatic ring is 1. The Kier molecular flexibility index (Phi) is 3.80. The maximum absolute atomic E-state index is 11.7. The lowest BCUT2D eigenvalue weighted by Crippen LogP contribution is -2.26. The van der Waals surface area contributed by atoms with Crippen molar-refractivity contribution in [2.24, 2.45) is 0 Å². The van der Waals surface area contributed by atoms with Gasteiger partial charge in [-0.25, -0.2) is 0 Å². The normalized spacial score (nSPS) is 15.4. The van der Waals surface area contributed by atoms with Gasteiger partial charge in [0.15, 0.2) is 0 Å². The number of nitrogens with two attached hydrogens (primary N) is 1. The lowest BCUT2D eigenvalue weighted by atomic mass is 9.97. The van der Waals surface area contributed by atoms with Crippen LogP contribution in [0.3, 0.4) is 0 Å². The number of carbonyl (C=O) groups is 1. The standard InChI is InChI=1S/C12H18N4O/c13-10-8-15-16-11(10)12(17)14-7-6-9-4-2-1-3-5-9/h4,8H,1-3,5-7,13H2,(H,14,17)(H,15,16). The highest BCUT2D eigenvalue weighted by atomic mass is 16.1. The summed E-state index contributed by atoms with van der Waals surface area (Å²) in [4.78, 5) is 11.7. The summed E-state index contributed by atoms with van der Waals surface area (Å²) in [5.74, 6) is -0.184. The van der Waals surface area contributed by atoms with Crippen LogP contribution in [0.2, 0.25) is 0 Å². The molecule has 5 nitrogen and oxygen atoms in total. The minimum absolute atomic E-state index is 0.184. The van der Waals surface area contributed by atoms with Gasteiger partial charge in [0.05, 0.1) is 11.9 Å². The smallest absolute Gasteiger partial charge is 0.271 e. The zero-order valence-corrected chi connectivity index (χ0v) is 9.83. The third-order valence-electron chi connectivity index (χ3n) is 3.01. The van der Waals surface area contributed by atoms with Crippen LogP contribution in [0.4, 0.5) is 5.69 Å². The van der Waals surface area contributed by atoms with Gasteiger partial charge in [-0.2, -0.15) is 5.10 Å². The lowest BCUT2D eigenvalue weighted by molar-refractivity contribution is 0.0950. The molecule has 0 aliphatic heterocycles. The number of H-pyrrole nitrogens is 1. The fourth-order valence-electron chi connectivity index (χ4n) is 2.03. The molecule has 1 aliphatic rings. The molecule has 1 amide bonds. The van der Waals surface area contributed by atoms with E-state index in [4.69, 9.17) is 5.73 Å². The van der Waals surface area contributed by atoms with E-state index in [2.05, 4.69) is 21.6 Å². The monoisotopic (exact) mass is 234 g/mol. The van der Waals surface area contributed by atoms with Crippen molar-refractivity contribution in [3.8, 4) is 0 Å². The fraction of sp³-hybridized carbons (Fsp3) is 0.500. The van der Waals surface area contributed by atoms with Crippen molar-refractivity contribution >= 4 is 11.6 Å². The van der Waals surface area contributed by atoms with Gasteiger partial charge in [-0.15, -0.1) is 0 Å². The highest BCUT2D eigenvalue weighted by Crippen LogP contribution is 2.19. The number of hydrogen-bond acceptors (Lipinski definition) is 3. The van der Waals surface area contributed by atoms with E-state index >= 15 is 0 Å². The van der Waals surface area contributed by atoms with Crippen LogP contribution in [0.15, 0.2) is 17.8 Å². The topological polar surface area (TPSA) is 83.8 Å². The molecule has 1 aromatic heterocycles.